The van der Waals surface area contributed by atoms with Crippen LogP contribution in [-0.4, -0.2) is 50.1 Å². The normalized spacial score (nSPS) is 10.9. The fourth-order valence-corrected chi connectivity index (χ4v) is 2.21. The number of nitrogens with one attached hydrogen (secondary N) is 2. The lowest BCUT2D eigenvalue weighted by Crippen LogP contribution is -2.38. The Morgan fingerprint density at radius 1 is 1.28 bits per heavy atom. The van der Waals surface area contributed by atoms with Crippen LogP contribution >= 0.6 is 24.0 Å². The van der Waals surface area contributed by atoms with Crippen LogP contribution in [0.1, 0.15) is 32.8 Å². The van der Waals surface area contributed by atoms with Crippen molar-refractivity contribution in [3.05, 3.63) is 29.8 Å². The summed E-state index contributed by atoms with van der Waals surface area (Å²) in [6.45, 7) is 7.91. The van der Waals surface area contributed by atoms with Gasteiger partial charge in [0.25, 0.3) is 0 Å². The summed E-state index contributed by atoms with van der Waals surface area (Å²) in [7, 11) is 3.65. The van der Waals surface area contributed by atoms with Gasteiger partial charge in [-0.05, 0) is 38.5 Å². The van der Waals surface area contributed by atoms with Crippen LogP contribution in [0.2, 0.25) is 0 Å². The SMILES string of the molecule is CCNC(=NCCC(=O)NC(C)C)N(C)Cc1ccc(OC)cc1.I. The maximum absolute atomic E-state index is 11.7. The molecule has 142 valence electrons. The smallest absolute Gasteiger partial charge is 0.222 e. The monoisotopic (exact) mass is 462 g/mol. The average molecular weight is 462 g/mol. The van der Waals surface area contributed by atoms with E-state index in [1.165, 1.54) is 5.56 Å². The van der Waals surface area contributed by atoms with Crippen LogP contribution in [0.5, 0.6) is 5.75 Å². The topological polar surface area (TPSA) is 66.0 Å². The second-order valence-electron chi connectivity index (χ2n) is 5.91. The number of nitrogens with zero attached hydrogens (tertiary/aromatic N) is 2. The molecule has 2 N–H and O–H groups in total. The predicted octanol–water partition coefficient (Wildman–Crippen LogP) is 2.63. The van der Waals surface area contributed by atoms with Crippen molar-refractivity contribution in [1.29, 1.82) is 0 Å². The summed E-state index contributed by atoms with van der Waals surface area (Å²) in [5.41, 5.74) is 1.17. The van der Waals surface area contributed by atoms with Crippen molar-refractivity contribution in [2.75, 3.05) is 27.2 Å². The predicted molar refractivity (Wildman–Crippen MR) is 114 cm³/mol. The van der Waals surface area contributed by atoms with Crippen molar-refractivity contribution >= 4 is 35.8 Å². The Balaban J connectivity index is 0.00000576. The second kappa shape index (κ2) is 12.8. The van der Waals surface area contributed by atoms with Crippen molar-refractivity contribution in [2.24, 2.45) is 4.99 Å². The first-order valence-electron chi connectivity index (χ1n) is 8.38. The summed E-state index contributed by atoms with van der Waals surface area (Å²) in [6.07, 6.45) is 0.392. The summed E-state index contributed by atoms with van der Waals surface area (Å²) >= 11 is 0. The Morgan fingerprint density at radius 2 is 1.92 bits per heavy atom. The van der Waals surface area contributed by atoms with Gasteiger partial charge in [-0.2, -0.15) is 0 Å². The van der Waals surface area contributed by atoms with Crippen molar-refractivity contribution in [3.63, 3.8) is 0 Å². The molecule has 0 saturated heterocycles. The third-order valence-electron chi connectivity index (χ3n) is 3.33. The Bertz CT molecular complexity index is 532. The van der Waals surface area contributed by atoms with Crippen LogP contribution in [0.25, 0.3) is 0 Å². The first kappa shape index (κ1) is 23.5. The lowest BCUT2D eigenvalue weighted by Gasteiger charge is -2.22. The number of hydrogen-bond acceptors (Lipinski definition) is 3. The highest BCUT2D eigenvalue weighted by Crippen LogP contribution is 2.12. The van der Waals surface area contributed by atoms with Crippen LogP contribution in [-0.2, 0) is 11.3 Å². The van der Waals surface area contributed by atoms with Gasteiger partial charge >= 0.3 is 0 Å². The molecule has 0 aliphatic rings. The minimum atomic E-state index is 0. The van der Waals surface area contributed by atoms with Gasteiger partial charge in [0.15, 0.2) is 5.96 Å². The Morgan fingerprint density at radius 3 is 2.44 bits per heavy atom. The molecule has 0 atom stereocenters. The number of aliphatic imine (C=N–C) groups is 1. The first-order chi connectivity index (χ1) is 11.5. The van der Waals surface area contributed by atoms with Gasteiger partial charge in [-0.25, -0.2) is 0 Å². The Labute approximate surface area is 168 Å². The summed E-state index contributed by atoms with van der Waals surface area (Å²) in [5.74, 6) is 1.67. The molecule has 0 bridgehead atoms. The molecule has 25 heavy (non-hydrogen) atoms. The molecule has 0 heterocycles. The number of carbonyl (C=O) groups excluding carboxylic acids is 1. The van der Waals surface area contributed by atoms with E-state index in [2.05, 4.69) is 15.6 Å². The molecule has 0 aliphatic heterocycles. The second-order valence-corrected chi connectivity index (χ2v) is 5.91. The molecule has 0 aliphatic carbocycles. The molecule has 1 rings (SSSR count). The van der Waals surface area contributed by atoms with Gasteiger partial charge in [-0.1, -0.05) is 12.1 Å². The van der Waals surface area contributed by atoms with Gasteiger partial charge in [0.2, 0.25) is 5.91 Å². The van der Waals surface area contributed by atoms with Crippen LogP contribution in [0.15, 0.2) is 29.3 Å². The van der Waals surface area contributed by atoms with Gasteiger partial charge in [0, 0.05) is 32.6 Å². The number of carbonyl (C=O) groups is 1. The first-order valence-corrected chi connectivity index (χ1v) is 8.38. The number of guanidine groups is 1. The zero-order valence-corrected chi connectivity index (χ0v) is 18.2. The number of benzene rings is 1. The van der Waals surface area contributed by atoms with Gasteiger partial charge in [-0.3, -0.25) is 9.79 Å². The van der Waals surface area contributed by atoms with E-state index in [-0.39, 0.29) is 35.9 Å². The third kappa shape index (κ3) is 9.52. The zero-order chi connectivity index (χ0) is 17.9. The Hall–Kier alpha value is -1.51. The maximum atomic E-state index is 11.7. The van der Waals surface area contributed by atoms with Crippen LogP contribution in [0.4, 0.5) is 0 Å². The molecule has 1 aromatic carbocycles. The lowest BCUT2D eigenvalue weighted by atomic mass is 10.2. The van der Waals surface area contributed by atoms with Gasteiger partial charge in [0.05, 0.1) is 13.7 Å². The molecule has 0 aromatic heterocycles. The van der Waals surface area contributed by atoms with E-state index < -0.39 is 0 Å². The highest BCUT2D eigenvalue weighted by molar-refractivity contribution is 14.0. The third-order valence-corrected chi connectivity index (χ3v) is 3.33. The molecule has 0 unspecified atom stereocenters. The maximum Gasteiger partial charge on any atom is 0.222 e. The molecule has 1 aromatic rings. The fraction of sp³-hybridized carbons (Fsp3) is 0.556. The number of methoxy groups -OCH3 is 1. The quantitative estimate of drug-likeness (QED) is 0.354. The summed E-state index contributed by atoms with van der Waals surface area (Å²) < 4.78 is 5.18. The van der Waals surface area contributed by atoms with Gasteiger partial charge in [0.1, 0.15) is 5.75 Å². The summed E-state index contributed by atoms with van der Waals surface area (Å²) in [4.78, 5) is 18.3. The molecule has 0 radical (unpaired) electrons. The van der Waals surface area contributed by atoms with Crippen LogP contribution in [0.3, 0.4) is 0 Å². The van der Waals surface area contributed by atoms with E-state index in [0.717, 1.165) is 24.8 Å². The summed E-state index contributed by atoms with van der Waals surface area (Å²) in [5, 5.41) is 6.13. The molecular weight excluding hydrogens is 431 g/mol. The lowest BCUT2D eigenvalue weighted by molar-refractivity contribution is -0.121. The number of amides is 1. The van der Waals surface area contributed by atoms with Crippen molar-refractivity contribution < 1.29 is 9.53 Å². The molecule has 1 amide bonds. The minimum absolute atomic E-state index is 0. The molecule has 0 saturated carbocycles. The van der Waals surface area contributed by atoms with Crippen molar-refractivity contribution in [3.8, 4) is 5.75 Å². The van der Waals surface area contributed by atoms with E-state index in [9.17, 15) is 4.79 Å². The Kier molecular flexibility index (Phi) is 12.0. The molecular formula is C18H31IN4O2. The molecule has 0 spiro atoms. The number of ether oxygens (including phenoxy) is 1. The molecule has 7 heteroatoms. The summed E-state index contributed by atoms with van der Waals surface area (Å²) in [6, 6.07) is 8.13. The molecule has 0 fully saturated rings. The van der Waals surface area contributed by atoms with Crippen molar-refractivity contribution in [1.82, 2.24) is 15.5 Å². The average Bonchev–Trinajstić information content (AvgIpc) is 2.54. The zero-order valence-electron chi connectivity index (χ0n) is 15.8. The van der Waals surface area contributed by atoms with E-state index in [1.807, 2.05) is 57.0 Å². The van der Waals surface area contributed by atoms with E-state index in [4.69, 9.17) is 4.74 Å². The fourth-order valence-electron chi connectivity index (χ4n) is 2.21. The van der Waals surface area contributed by atoms with E-state index in [1.54, 1.807) is 7.11 Å². The van der Waals surface area contributed by atoms with E-state index in [0.29, 0.717) is 13.0 Å². The number of rotatable bonds is 8. The standard InChI is InChI=1S/C18H30N4O2.HI/c1-6-19-18(20-12-11-17(23)21-14(2)3)22(4)13-15-7-9-16(24-5)10-8-15;/h7-10,14H,6,11-13H2,1-5H3,(H,19,20)(H,21,23);1H. The number of hydrogen-bond donors (Lipinski definition) is 2. The minimum Gasteiger partial charge on any atom is -0.497 e. The van der Waals surface area contributed by atoms with Crippen molar-refractivity contribution in [2.45, 2.75) is 39.8 Å². The van der Waals surface area contributed by atoms with E-state index >= 15 is 0 Å². The number of halogens is 1. The highest BCUT2D eigenvalue weighted by atomic mass is 127. The highest BCUT2D eigenvalue weighted by Gasteiger charge is 2.08. The van der Waals surface area contributed by atoms with Crippen LogP contribution in [0, 0.1) is 0 Å². The molecule has 6 nitrogen and oxygen atoms in total. The van der Waals surface area contributed by atoms with Gasteiger partial charge in [-0.15, -0.1) is 24.0 Å². The van der Waals surface area contributed by atoms with Crippen LogP contribution < -0.4 is 15.4 Å². The van der Waals surface area contributed by atoms with Gasteiger partial charge < -0.3 is 20.3 Å². The largest absolute Gasteiger partial charge is 0.497 e.